The van der Waals surface area contributed by atoms with Crippen molar-refractivity contribution in [3.8, 4) is 6.07 Å². The van der Waals surface area contributed by atoms with Crippen molar-refractivity contribution in [2.75, 3.05) is 11.1 Å². The van der Waals surface area contributed by atoms with Gasteiger partial charge < -0.3 is 5.32 Å². The first-order valence-electron chi connectivity index (χ1n) is 9.11. The van der Waals surface area contributed by atoms with Crippen LogP contribution in [-0.2, 0) is 26.2 Å². The summed E-state index contributed by atoms with van der Waals surface area (Å²) in [5, 5.41) is 10.9. The van der Waals surface area contributed by atoms with Crippen LogP contribution in [0, 0.1) is 11.3 Å². The van der Waals surface area contributed by atoms with Gasteiger partial charge in [-0.1, -0.05) is 23.7 Å². The number of sulfone groups is 1. The molecule has 0 bridgehead atoms. The lowest BCUT2D eigenvalue weighted by Gasteiger charge is -2.30. The summed E-state index contributed by atoms with van der Waals surface area (Å²) in [6, 6.07) is 10.2. The van der Waals surface area contributed by atoms with Gasteiger partial charge in [-0.05, 0) is 56.7 Å². The molecule has 0 saturated heterocycles. The highest BCUT2D eigenvalue weighted by Gasteiger charge is 2.41. The van der Waals surface area contributed by atoms with Crippen molar-refractivity contribution >= 4 is 33.0 Å². The number of hydrogen-bond donors (Lipinski definition) is 1. The van der Waals surface area contributed by atoms with E-state index in [1.165, 1.54) is 51.1 Å². The third-order valence-electron chi connectivity index (χ3n) is 4.89. The fourth-order valence-electron chi connectivity index (χ4n) is 2.89. The molecule has 31 heavy (non-hydrogen) atoms. The number of nitrogens with zero attached hydrogens (tertiary/aromatic N) is 1. The van der Waals surface area contributed by atoms with Crippen molar-refractivity contribution in [1.82, 2.24) is 0 Å². The highest BCUT2D eigenvalue weighted by molar-refractivity contribution is 7.92. The number of nitrogens with one attached hydrogen (secondary N) is 1. The zero-order chi connectivity index (χ0) is 23.6. The summed E-state index contributed by atoms with van der Waals surface area (Å²) in [6.07, 6.45) is -4.80. The maximum absolute atomic E-state index is 13.2. The smallest absolute Gasteiger partial charge is 0.325 e. The van der Waals surface area contributed by atoms with Crippen molar-refractivity contribution in [3.05, 3.63) is 64.2 Å². The number of nitriles is 1. The Morgan fingerprint density at radius 2 is 1.74 bits per heavy atom. The highest BCUT2D eigenvalue weighted by atomic mass is 35.5. The molecule has 0 aliphatic carbocycles. The third-order valence-corrected chi connectivity index (χ3v) is 7.56. The summed E-state index contributed by atoms with van der Waals surface area (Å²) in [6.45, 7) is 4.36. The van der Waals surface area contributed by atoms with E-state index in [0.29, 0.717) is 16.7 Å². The first kappa shape index (κ1) is 24.7. The van der Waals surface area contributed by atoms with Crippen LogP contribution in [0.4, 0.5) is 18.9 Å². The summed E-state index contributed by atoms with van der Waals surface area (Å²) in [5.41, 5.74) is -3.27. The van der Waals surface area contributed by atoms with Gasteiger partial charge in [-0.3, -0.25) is 4.79 Å². The van der Waals surface area contributed by atoms with Crippen molar-refractivity contribution in [1.29, 1.82) is 5.26 Å². The van der Waals surface area contributed by atoms with E-state index in [1.807, 2.05) is 0 Å². The van der Waals surface area contributed by atoms with Gasteiger partial charge in [-0.25, -0.2) is 8.42 Å². The van der Waals surface area contributed by atoms with Crippen LogP contribution in [-0.4, -0.2) is 25.3 Å². The molecular weight excluding hydrogens is 453 g/mol. The fourth-order valence-corrected chi connectivity index (χ4v) is 4.45. The molecule has 1 atom stereocenters. The lowest BCUT2D eigenvalue weighted by molar-refractivity contribution is -0.137. The van der Waals surface area contributed by atoms with Crippen molar-refractivity contribution in [2.45, 2.75) is 37.6 Å². The summed E-state index contributed by atoms with van der Waals surface area (Å²) in [7, 11) is -3.71. The molecule has 0 fully saturated rings. The molecule has 1 unspecified atom stereocenters. The average molecular weight is 473 g/mol. The van der Waals surface area contributed by atoms with Gasteiger partial charge in [-0.2, -0.15) is 18.4 Å². The van der Waals surface area contributed by atoms with E-state index >= 15 is 0 Å². The Labute approximate surface area is 183 Å². The summed E-state index contributed by atoms with van der Waals surface area (Å²) in [5.74, 6) is -1.37. The minimum absolute atomic E-state index is 0.210. The monoisotopic (exact) mass is 472 g/mol. The molecule has 2 aromatic carbocycles. The molecule has 0 saturated carbocycles. The van der Waals surface area contributed by atoms with E-state index in [4.69, 9.17) is 16.9 Å². The van der Waals surface area contributed by atoms with Gasteiger partial charge >= 0.3 is 6.18 Å². The molecule has 1 amide bonds. The molecule has 0 aliphatic heterocycles. The molecule has 0 aliphatic rings. The second-order valence-electron chi connectivity index (χ2n) is 7.52. The molecular formula is C21H20ClF3N2O3S. The van der Waals surface area contributed by atoms with Gasteiger partial charge in [0.05, 0.1) is 33.6 Å². The van der Waals surface area contributed by atoms with Crippen LogP contribution in [0.15, 0.2) is 42.5 Å². The van der Waals surface area contributed by atoms with E-state index < -0.39 is 49.5 Å². The van der Waals surface area contributed by atoms with Crippen molar-refractivity contribution in [3.63, 3.8) is 0 Å². The van der Waals surface area contributed by atoms with E-state index in [1.54, 1.807) is 0 Å². The first-order chi connectivity index (χ1) is 14.2. The summed E-state index contributed by atoms with van der Waals surface area (Å²) < 4.78 is 65.0. The van der Waals surface area contributed by atoms with Gasteiger partial charge in [0.2, 0.25) is 5.91 Å². The molecule has 10 heteroatoms. The van der Waals surface area contributed by atoms with E-state index in [-0.39, 0.29) is 5.69 Å². The minimum atomic E-state index is -4.80. The van der Waals surface area contributed by atoms with Crippen LogP contribution < -0.4 is 5.32 Å². The lowest BCUT2D eigenvalue weighted by Crippen LogP contribution is -2.44. The highest BCUT2D eigenvalue weighted by Crippen LogP contribution is 2.35. The third kappa shape index (κ3) is 5.57. The SMILES string of the molecule is CC(C)S(=O)(=O)CC(C)(C(=O)Nc1ccc(C#N)c(C(F)(F)F)c1)c1ccc(Cl)cc1. The number of halogens is 4. The van der Waals surface area contributed by atoms with Crippen LogP contribution in [0.1, 0.15) is 37.5 Å². The number of benzene rings is 2. The van der Waals surface area contributed by atoms with Crippen molar-refractivity contribution in [2.24, 2.45) is 0 Å². The molecule has 0 spiro atoms. The maximum atomic E-state index is 13.2. The van der Waals surface area contributed by atoms with Gasteiger partial charge in [0.15, 0.2) is 9.84 Å². The summed E-state index contributed by atoms with van der Waals surface area (Å²) in [4.78, 5) is 13.2. The van der Waals surface area contributed by atoms with Gasteiger partial charge in [-0.15, -0.1) is 0 Å². The Balaban J connectivity index is 2.52. The fraction of sp³-hybridized carbons (Fsp3) is 0.333. The molecule has 166 valence electrons. The second-order valence-corrected chi connectivity index (χ2v) is 10.5. The topological polar surface area (TPSA) is 87.0 Å². The Morgan fingerprint density at radius 1 is 1.16 bits per heavy atom. The van der Waals surface area contributed by atoms with Crippen LogP contribution >= 0.6 is 11.6 Å². The molecule has 1 N–H and O–H groups in total. The molecule has 2 rings (SSSR count). The van der Waals surface area contributed by atoms with Crippen LogP contribution in [0.2, 0.25) is 5.02 Å². The maximum Gasteiger partial charge on any atom is 0.417 e. The number of carbonyl (C=O) groups is 1. The van der Waals surface area contributed by atoms with Crippen LogP contribution in [0.25, 0.3) is 0 Å². The van der Waals surface area contributed by atoms with E-state index in [2.05, 4.69) is 5.32 Å². The van der Waals surface area contributed by atoms with Crippen LogP contribution in [0.3, 0.4) is 0 Å². The molecule has 0 aromatic heterocycles. The number of rotatable bonds is 6. The first-order valence-corrected chi connectivity index (χ1v) is 11.2. The minimum Gasteiger partial charge on any atom is -0.325 e. The second kappa shape index (κ2) is 8.89. The Hall–Kier alpha value is -2.57. The molecule has 0 radical (unpaired) electrons. The average Bonchev–Trinajstić information content (AvgIpc) is 2.67. The molecule has 0 heterocycles. The Kier molecular flexibility index (Phi) is 7.08. The van der Waals surface area contributed by atoms with E-state index in [0.717, 1.165) is 12.1 Å². The van der Waals surface area contributed by atoms with Crippen LogP contribution in [0.5, 0.6) is 0 Å². The zero-order valence-electron chi connectivity index (χ0n) is 16.9. The number of carbonyl (C=O) groups excluding carboxylic acids is 1. The number of alkyl halides is 3. The van der Waals surface area contributed by atoms with Crippen molar-refractivity contribution < 1.29 is 26.4 Å². The normalized spacial score (nSPS) is 14.0. The van der Waals surface area contributed by atoms with Gasteiger partial charge in [0.25, 0.3) is 0 Å². The molecule has 5 nitrogen and oxygen atoms in total. The predicted molar refractivity (Wildman–Crippen MR) is 113 cm³/mol. The lowest BCUT2D eigenvalue weighted by atomic mass is 9.83. The zero-order valence-corrected chi connectivity index (χ0v) is 18.5. The Morgan fingerprint density at radius 3 is 2.23 bits per heavy atom. The predicted octanol–water partition coefficient (Wildman–Crippen LogP) is 4.95. The quantitative estimate of drug-likeness (QED) is 0.644. The van der Waals surface area contributed by atoms with E-state index in [9.17, 15) is 26.4 Å². The molecule has 2 aromatic rings. The number of hydrogen-bond acceptors (Lipinski definition) is 4. The number of anilines is 1. The largest absolute Gasteiger partial charge is 0.417 e. The standard InChI is InChI=1S/C21H20ClF3N2O3S/c1-13(2)31(29,30)12-20(3,15-5-7-16(22)8-6-15)19(28)27-17-9-4-14(11-26)18(10-17)21(23,24)25/h4-10,13H,12H2,1-3H3,(H,27,28). The van der Waals surface area contributed by atoms with Gasteiger partial charge in [0, 0.05) is 10.7 Å². The van der Waals surface area contributed by atoms with Gasteiger partial charge in [0.1, 0.15) is 0 Å². The Bertz CT molecular complexity index is 1120. The number of amides is 1. The summed E-state index contributed by atoms with van der Waals surface area (Å²) >= 11 is 5.89.